The Balaban J connectivity index is 1.13. The summed E-state index contributed by atoms with van der Waals surface area (Å²) in [5.41, 5.74) is 14.5. The molecule has 0 atom stereocenters. The van der Waals surface area contributed by atoms with Crippen molar-refractivity contribution >= 4 is 33.2 Å². The standard InChI is InChI=1S/C68H72N4O/c1-64(2,3)51-35-47(46-25-17-14-18-26-46)36-54(37-51)71-45-70(44-61(71)66(7,8)9)53-38-52(68(12,13)49-29-21-16-22-30-49)39-55(41-53)73-56-42-58(65(4,5)6)63-57-31-23-24-32-59(57)72(60(63)43-56)62-40-50(33-34-69-62)67(10,11)48-27-19-15-20-28-48/h14-44H,45H2,1-13H3. The first-order valence-electron chi connectivity index (χ1n) is 26.0. The van der Waals surface area contributed by atoms with E-state index in [2.05, 4.69) is 287 Å². The molecule has 5 heteroatoms. The van der Waals surface area contributed by atoms with Crippen molar-refractivity contribution in [2.45, 2.75) is 112 Å². The molecule has 370 valence electrons. The van der Waals surface area contributed by atoms with E-state index in [1.165, 1.54) is 66.7 Å². The highest BCUT2D eigenvalue weighted by Crippen LogP contribution is 2.46. The molecule has 7 aromatic carbocycles. The number of pyridine rings is 1. The van der Waals surface area contributed by atoms with Crippen molar-refractivity contribution in [1.82, 2.24) is 9.55 Å². The zero-order valence-corrected chi connectivity index (χ0v) is 45.3. The van der Waals surface area contributed by atoms with Gasteiger partial charge in [0.25, 0.3) is 0 Å². The maximum absolute atomic E-state index is 7.35. The molecule has 0 spiro atoms. The second-order valence-corrected chi connectivity index (χ2v) is 24.4. The van der Waals surface area contributed by atoms with Crippen LogP contribution in [0.3, 0.4) is 0 Å². The zero-order valence-electron chi connectivity index (χ0n) is 45.3. The molecule has 2 aromatic heterocycles. The van der Waals surface area contributed by atoms with Crippen LogP contribution in [-0.2, 0) is 21.7 Å². The molecule has 0 fully saturated rings. The van der Waals surface area contributed by atoms with Crippen LogP contribution in [0.2, 0.25) is 0 Å². The van der Waals surface area contributed by atoms with Crippen molar-refractivity contribution in [3.8, 4) is 28.4 Å². The van der Waals surface area contributed by atoms with E-state index in [1.54, 1.807) is 0 Å². The van der Waals surface area contributed by atoms with E-state index in [1.807, 2.05) is 6.20 Å². The number of anilines is 2. The van der Waals surface area contributed by atoms with E-state index in [0.29, 0.717) is 6.67 Å². The number of hydrogen-bond acceptors (Lipinski definition) is 4. The Kier molecular flexibility index (Phi) is 12.3. The molecule has 9 aromatic rings. The number of benzene rings is 7. The van der Waals surface area contributed by atoms with Crippen molar-refractivity contribution < 1.29 is 4.74 Å². The summed E-state index contributed by atoms with van der Waals surface area (Å²) in [4.78, 5) is 10.0. The van der Waals surface area contributed by atoms with Gasteiger partial charge in [-0.15, -0.1) is 0 Å². The summed E-state index contributed by atoms with van der Waals surface area (Å²) in [6.45, 7) is 30.7. The van der Waals surface area contributed by atoms with E-state index in [4.69, 9.17) is 9.72 Å². The predicted octanol–water partition coefficient (Wildman–Crippen LogP) is 18.1. The van der Waals surface area contributed by atoms with Crippen LogP contribution in [0.15, 0.2) is 194 Å². The summed E-state index contributed by atoms with van der Waals surface area (Å²) in [6.07, 6.45) is 4.33. The van der Waals surface area contributed by atoms with Crippen LogP contribution in [0.25, 0.3) is 38.8 Å². The van der Waals surface area contributed by atoms with Crippen LogP contribution >= 0.6 is 0 Å². The van der Waals surface area contributed by atoms with Gasteiger partial charge in [0.1, 0.15) is 17.3 Å². The molecule has 73 heavy (non-hydrogen) atoms. The third-order valence-corrected chi connectivity index (χ3v) is 15.3. The number of nitrogens with zero attached hydrogens (tertiary/aromatic N) is 4. The van der Waals surface area contributed by atoms with Crippen molar-refractivity contribution in [2.75, 3.05) is 16.5 Å². The molecule has 1 aliphatic rings. The molecule has 5 nitrogen and oxygen atoms in total. The third-order valence-electron chi connectivity index (χ3n) is 15.3. The number of allylic oxidation sites excluding steroid dienone is 1. The van der Waals surface area contributed by atoms with Gasteiger partial charge in [-0.25, -0.2) is 4.98 Å². The van der Waals surface area contributed by atoms with Crippen molar-refractivity contribution in [1.29, 1.82) is 0 Å². The van der Waals surface area contributed by atoms with Gasteiger partial charge in [-0.3, -0.25) is 4.57 Å². The molecule has 0 saturated carbocycles. The summed E-state index contributed by atoms with van der Waals surface area (Å²) in [6, 6.07) is 64.1. The first-order valence-corrected chi connectivity index (χ1v) is 26.0. The van der Waals surface area contributed by atoms with Crippen LogP contribution in [0.5, 0.6) is 11.5 Å². The first kappa shape index (κ1) is 49.2. The maximum Gasteiger partial charge on any atom is 0.137 e. The highest BCUT2D eigenvalue weighted by atomic mass is 16.5. The van der Waals surface area contributed by atoms with Gasteiger partial charge in [0.05, 0.1) is 17.7 Å². The number of para-hydroxylation sites is 1. The second kappa shape index (κ2) is 18.3. The minimum Gasteiger partial charge on any atom is -0.457 e. The maximum atomic E-state index is 7.35. The lowest BCUT2D eigenvalue weighted by molar-refractivity contribution is 0.477. The van der Waals surface area contributed by atoms with Crippen molar-refractivity contribution in [2.24, 2.45) is 5.41 Å². The molecule has 0 bridgehead atoms. The van der Waals surface area contributed by atoms with Gasteiger partial charge in [-0.2, -0.15) is 0 Å². The Hall–Kier alpha value is -7.37. The second-order valence-electron chi connectivity index (χ2n) is 24.4. The fourth-order valence-electron chi connectivity index (χ4n) is 10.7. The first-order chi connectivity index (χ1) is 34.6. The average Bonchev–Trinajstić information content (AvgIpc) is 3.98. The molecule has 0 amide bonds. The predicted molar refractivity (Wildman–Crippen MR) is 309 cm³/mol. The van der Waals surface area contributed by atoms with Gasteiger partial charge in [0.15, 0.2) is 0 Å². The fourth-order valence-corrected chi connectivity index (χ4v) is 10.7. The van der Waals surface area contributed by atoms with E-state index in [-0.39, 0.29) is 27.1 Å². The minimum absolute atomic E-state index is 0.0434. The molecule has 0 radical (unpaired) electrons. The summed E-state index contributed by atoms with van der Waals surface area (Å²) in [5.74, 6) is 2.44. The van der Waals surface area contributed by atoms with Crippen molar-refractivity contribution in [3.05, 3.63) is 227 Å². The average molecular weight is 961 g/mol. The quantitative estimate of drug-likeness (QED) is 0.137. The lowest BCUT2D eigenvalue weighted by Crippen LogP contribution is -2.31. The fraction of sp³-hybridized carbons (Fsp3) is 0.279. The topological polar surface area (TPSA) is 33.5 Å². The minimum atomic E-state index is -0.339. The smallest absolute Gasteiger partial charge is 0.137 e. The van der Waals surface area contributed by atoms with Crippen LogP contribution in [-0.4, -0.2) is 16.2 Å². The van der Waals surface area contributed by atoms with Gasteiger partial charge in [0.2, 0.25) is 0 Å². The number of aromatic nitrogens is 2. The summed E-state index contributed by atoms with van der Waals surface area (Å²) < 4.78 is 9.69. The zero-order chi connectivity index (χ0) is 51.7. The molecule has 3 heterocycles. The van der Waals surface area contributed by atoms with E-state index in [0.717, 1.165) is 34.0 Å². The van der Waals surface area contributed by atoms with Gasteiger partial charge in [0, 0.05) is 68.6 Å². The lowest BCUT2D eigenvalue weighted by atomic mass is 9.78. The van der Waals surface area contributed by atoms with Crippen molar-refractivity contribution in [3.63, 3.8) is 0 Å². The monoisotopic (exact) mass is 961 g/mol. The van der Waals surface area contributed by atoms with Crippen LogP contribution in [0, 0.1) is 5.41 Å². The Labute approximate surface area is 434 Å². The summed E-state index contributed by atoms with van der Waals surface area (Å²) >= 11 is 0. The highest BCUT2D eigenvalue weighted by Gasteiger charge is 2.34. The van der Waals surface area contributed by atoms with E-state index in [9.17, 15) is 0 Å². The van der Waals surface area contributed by atoms with E-state index < -0.39 is 0 Å². The molecule has 10 rings (SSSR count). The molecular weight excluding hydrogens is 889 g/mol. The number of fused-ring (bicyclic) bond motifs is 3. The van der Waals surface area contributed by atoms with E-state index >= 15 is 0 Å². The Morgan fingerprint density at radius 2 is 1.03 bits per heavy atom. The SMILES string of the molecule is CC(C)(C)C1=CN(c2cc(Oc3cc(C(C)(C)C)c4c5ccccc5n(-c5cc(C(C)(C)c6ccccc6)ccn5)c4c3)cc(C(C)(C)c3ccccc3)c2)CN1c1cc(-c2ccccc2)cc(C(C)(C)C)c1. The van der Waals surface area contributed by atoms with Gasteiger partial charge in [-0.05, 0) is 104 Å². The largest absolute Gasteiger partial charge is 0.457 e. The third kappa shape index (κ3) is 9.47. The lowest BCUT2D eigenvalue weighted by Gasteiger charge is -2.33. The molecule has 0 N–H and O–H groups in total. The highest BCUT2D eigenvalue weighted by molar-refractivity contribution is 6.11. The molecular formula is C68H72N4O. The summed E-state index contributed by atoms with van der Waals surface area (Å²) in [7, 11) is 0. The summed E-state index contributed by atoms with van der Waals surface area (Å²) in [5, 5.41) is 2.41. The van der Waals surface area contributed by atoms with Gasteiger partial charge >= 0.3 is 0 Å². The van der Waals surface area contributed by atoms with Crippen LogP contribution < -0.4 is 14.5 Å². The van der Waals surface area contributed by atoms with Gasteiger partial charge in [-0.1, -0.05) is 205 Å². The Morgan fingerprint density at radius 1 is 0.438 bits per heavy atom. The van der Waals surface area contributed by atoms with Crippen LogP contribution in [0.1, 0.15) is 123 Å². The number of rotatable bonds is 10. The molecule has 1 aliphatic heterocycles. The Morgan fingerprint density at radius 3 is 1.66 bits per heavy atom. The molecule has 0 aliphatic carbocycles. The number of hydrogen-bond donors (Lipinski definition) is 0. The Bertz CT molecular complexity index is 3510. The molecule has 0 unspecified atom stereocenters. The number of ether oxygens (including phenoxy) is 1. The van der Waals surface area contributed by atoms with Crippen LogP contribution in [0.4, 0.5) is 11.4 Å². The normalized spacial score (nSPS) is 13.8. The molecule has 0 saturated heterocycles. The van der Waals surface area contributed by atoms with Gasteiger partial charge < -0.3 is 14.5 Å².